The van der Waals surface area contributed by atoms with E-state index in [2.05, 4.69) is 0 Å². The summed E-state index contributed by atoms with van der Waals surface area (Å²) >= 11 is 0. The van der Waals surface area contributed by atoms with Gasteiger partial charge in [-0.25, -0.2) is 8.42 Å². The molecule has 0 saturated carbocycles. The molecule has 0 atom stereocenters. The fraction of sp³-hybridized carbons (Fsp3) is 0. The van der Waals surface area contributed by atoms with E-state index in [0.29, 0.717) is 5.39 Å². The minimum Gasteiger partial charge on any atom is -1.00 e. The second-order valence-corrected chi connectivity index (χ2v) is 4.28. The minimum atomic E-state index is -4.38. The Morgan fingerprint density at radius 3 is 2.12 bits per heavy atom. The van der Waals surface area contributed by atoms with Gasteiger partial charge >= 0.3 is 23.1 Å². The number of fused-ring (bicyclic) bond motifs is 1. The van der Waals surface area contributed by atoms with E-state index in [1.54, 1.807) is 36.4 Å². The molecule has 0 amide bonds. The van der Waals surface area contributed by atoms with Gasteiger partial charge in [-0.2, -0.15) is 0 Å². The van der Waals surface area contributed by atoms with Crippen molar-refractivity contribution in [3.63, 3.8) is 0 Å². The Balaban J connectivity index is 0.00000112. The third-order valence-electron chi connectivity index (χ3n) is 2.02. The van der Waals surface area contributed by atoms with Crippen LogP contribution < -0.4 is 12.4 Å². The van der Waals surface area contributed by atoms with Crippen molar-refractivity contribution < 1.29 is 25.4 Å². The van der Waals surface area contributed by atoms with E-state index in [0.717, 1.165) is 5.39 Å². The van der Waals surface area contributed by atoms with Crippen LogP contribution in [-0.4, -0.2) is 36.0 Å². The van der Waals surface area contributed by atoms with E-state index in [-0.39, 0.29) is 40.4 Å². The molecule has 0 spiro atoms. The van der Waals surface area contributed by atoms with Crippen molar-refractivity contribution in [2.45, 2.75) is 4.90 Å². The molecule has 0 N–H and O–H groups in total. The van der Waals surface area contributed by atoms with Crippen molar-refractivity contribution in [1.82, 2.24) is 0 Å². The summed E-state index contributed by atoms with van der Waals surface area (Å²) in [6, 6.07) is 11.5. The molecule has 0 saturated heterocycles. The number of rotatable bonds is 1. The van der Waals surface area contributed by atoms with Gasteiger partial charge in [0, 0.05) is 0 Å². The molecule has 2 aromatic rings. The van der Waals surface area contributed by atoms with Gasteiger partial charge in [0.15, 0.2) is 0 Å². The van der Waals surface area contributed by atoms with Gasteiger partial charge in [-0.1, -0.05) is 36.4 Å². The molecule has 16 heavy (non-hydrogen) atoms. The molecule has 0 aliphatic heterocycles. The Morgan fingerprint density at radius 2 is 1.50 bits per heavy atom. The van der Waals surface area contributed by atoms with Crippen molar-refractivity contribution in [2.24, 2.45) is 0 Å². The van der Waals surface area contributed by atoms with Gasteiger partial charge < -0.3 is 17.0 Å². The molecule has 80 valence electrons. The zero-order valence-corrected chi connectivity index (χ0v) is 11.2. The Morgan fingerprint density at radius 1 is 0.938 bits per heavy atom. The molecule has 0 aliphatic rings. The topological polar surface area (TPSA) is 57.2 Å². The van der Waals surface area contributed by atoms with E-state index >= 15 is 0 Å². The smallest absolute Gasteiger partial charge is 1.00 e. The maximum atomic E-state index is 10.9. The van der Waals surface area contributed by atoms with Crippen molar-refractivity contribution in [2.75, 3.05) is 0 Å². The second-order valence-electron chi connectivity index (χ2n) is 2.93. The molecule has 0 fully saturated rings. The van der Waals surface area contributed by atoms with Gasteiger partial charge in [0.2, 0.25) is 0 Å². The van der Waals surface area contributed by atoms with Gasteiger partial charge in [0.25, 0.3) is 0 Å². The first-order valence-corrected chi connectivity index (χ1v) is 5.43. The van der Waals surface area contributed by atoms with Crippen molar-refractivity contribution >= 4 is 43.9 Å². The molecule has 0 unspecified atom stereocenters. The summed E-state index contributed by atoms with van der Waals surface area (Å²) in [5.41, 5.74) is 0. The quantitative estimate of drug-likeness (QED) is 0.460. The summed E-state index contributed by atoms with van der Waals surface area (Å²) in [5, 5.41) is 1.23. The molecule has 0 aromatic heterocycles. The molecule has 6 heteroatoms. The zero-order chi connectivity index (χ0) is 10.2. The average molecular weight is 267 g/mol. The van der Waals surface area contributed by atoms with Crippen LogP contribution in [0.4, 0.5) is 0 Å². The van der Waals surface area contributed by atoms with Crippen molar-refractivity contribution in [1.29, 1.82) is 0 Å². The van der Waals surface area contributed by atoms with Crippen LogP contribution in [0.5, 0.6) is 0 Å². The summed E-state index contributed by atoms with van der Waals surface area (Å²) in [7, 11) is -4.38. The van der Waals surface area contributed by atoms with E-state index in [1.165, 1.54) is 6.07 Å². The van der Waals surface area contributed by atoms with Crippen LogP contribution in [0.15, 0.2) is 47.4 Å². The van der Waals surface area contributed by atoms with Crippen molar-refractivity contribution in [3.8, 4) is 0 Å². The first kappa shape index (κ1) is 15.7. The normalized spacial score (nSPS) is 10.3. The number of benzene rings is 2. The van der Waals surface area contributed by atoms with E-state index in [4.69, 9.17) is 0 Å². The predicted molar refractivity (Wildman–Crippen MR) is 57.7 cm³/mol. The van der Waals surface area contributed by atoms with Gasteiger partial charge in [-0.15, -0.1) is 0 Å². The standard InChI is InChI=1S/C10H8O3S.ClH.Mg/c11-14(12,13)10-7-3-5-8-4-1-2-6-9(8)10;;/h1-7H,(H,11,12,13);1H;/q;;+2/p-2. The molecule has 0 radical (unpaired) electrons. The largest absolute Gasteiger partial charge is 2.00 e. The van der Waals surface area contributed by atoms with E-state index in [1.807, 2.05) is 0 Å². The molecular weight excluding hydrogens is 260 g/mol. The third-order valence-corrected chi connectivity index (χ3v) is 2.91. The monoisotopic (exact) mass is 266 g/mol. The van der Waals surface area contributed by atoms with Crippen LogP contribution in [0.1, 0.15) is 0 Å². The SMILES string of the molecule is O=S(=O)([O-])c1cccc2ccccc12.[Cl-].[Mg+2]. The Hall–Kier alpha value is -0.334. The number of hydrogen-bond acceptors (Lipinski definition) is 3. The van der Waals surface area contributed by atoms with Crippen LogP contribution in [0.25, 0.3) is 10.8 Å². The summed E-state index contributed by atoms with van der Waals surface area (Å²) in [5.74, 6) is 0. The fourth-order valence-electron chi connectivity index (χ4n) is 1.41. The van der Waals surface area contributed by atoms with Gasteiger partial charge in [0.1, 0.15) is 10.1 Å². The van der Waals surface area contributed by atoms with Gasteiger partial charge in [0.05, 0.1) is 4.90 Å². The fourth-order valence-corrected chi connectivity index (χ4v) is 2.11. The van der Waals surface area contributed by atoms with Gasteiger partial charge in [-0.3, -0.25) is 0 Å². The Labute approximate surface area is 116 Å². The summed E-state index contributed by atoms with van der Waals surface area (Å²) in [4.78, 5) is -0.157. The van der Waals surface area contributed by atoms with Crippen LogP contribution in [-0.2, 0) is 10.1 Å². The Bertz CT molecular complexity index is 578. The van der Waals surface area contributed by atoms with E-state index < -0.39 is 10.1 Å². The van der Waals surface area contributed by atoms with Crippen LogP contribution in [0.2, 0.25) is 0 Å². The molecular formula is C10H7ClMgO3S. The summed E-state index contributed by atoms with van der Waals surface area (Å²) in [6.45, 7) is 0. The predicted octanol–water partition coefficient (Wildman–Crippen LogP) is -1.63. The molecule has 3 nitrogen and oxygen atoms in total. The van der Waals surface area contributed by atoms with Crippen LogP contribution >= 0.6 is 0 Å². The molecule has 0 aliphatic carbocycles. The van der Waals surface area contributed by atoms with Crippen LogP contribution in [0.3, 0.4) is 0 Å². The average Bonchev–Trinajstić information content (AvgIpc) is 2.15. The number of halogens is 1. The molecule has 2 rings (SSSR count). The summed E-state index contributed by atoms with van der Waals surface area (Å²) < 4.78 is 32.7. The van der Waals surface area contributed by atoms with Crippen LogP contribution in [0, 0.1) is 0 Å². The second kappa shape index (κ2) is 5.84. The molecule has 2 aromatic carbocycles. The summed E-state index contributed by atoms with van der Waals surface area (Å²) in [6.07, 6.45) is 0. The molecule has 0 heterocycles. The maximum Gasteiger partial charge on any atom is 2.00 e. The first-order chi connectivity index (χ1) is 6.59. The maximum absolute atomic E-state index is 10.9. The van der Waals surface area contributed by atoms with E-state index in [9.17, 15) is 13.0 Å². The van der Waals surface area contributed by atoms with Crippen molar-refractivity contribution in [3.05, 3.63) is 42.5 Å². The third kappa shape index (κ3) is 3.08. The van der Waals surface area contributed by atoms with Gasteiger partial charge in [-0.05, 0) is 16.8 Å². The molecule has 0 bridgehead atoms. The zero-order valence-electron chi connectivity index (χ0n) is 8.26. The Kier molecular flexibility index (Phi) is 5.71. The number of hydrogen-bond donors (Lipinski definition) is 0. The minimum absolute atomic E-state index is 0. The first-order valence-electron chi connectivity index (χ1n) is 4.03.